The summed E-state index contributed by atoms with van der Waals surface area (Å²) in [6.45, 7) is -0.870. The highest BCUT2D eigenvalue weighted by Gasteiger charge is 2.30. The number of halogens is 3. The molecule has 1 unspecified atom stereocenters. The third-order valence-electron chi connectivity index (χ3n) is 2.52. The van der Waals surface area contributed by atoms with Gasteiger partial charge in [0.1, 0.15) is 5.60 Å². The van der Waals surface area contributed by atoms with E-state index in [1.807, 2.05) is 0 Å². The zero-order valence-electron chi connectivity index (χ0n) is 9.78. The van der Waals surface area contributed by atoms with Crippen LogP contribution in [0, 0.1) is 0 Å². The third kappa shape index (κ3) is 4.64. The first-order chi connectivity index (χ1) is 8.37. The monoisotopic (exact) mass is 263 g/mol. The summed E-state index contributed by atoms with van der Waals surface area (Å²) in [4.78, 5) is 0. The zero-order chi connectivity index (χ0) is 13.6. The summed E-state index contributed by atoms with van der Waals surface area (Å²) in [5.41, 5.74) is 4.53. The minimum Gasteiger partial charge on any atom is -0.381 e. The second-order valence-electron chi connectivity index (χ2n) is 4.02. The van der Waals surface area contributed by atoms with Crippen molar-refractivity contribution in [2.75, 3.05) is 19.8 Å². The molecule has 0 saturated carbocycles. The Bertz CT molecular complexity index is 356. The summed E-state index contributed by atoms with van der Waals surface area (Å²) in [7, 11) is 0. The van der Waals surface area contributed by atoms with Gasteiger partial charge in [0, 0.05) is 6.54 Å². The minimum atomic E-state index is -4.26. The van der Waals surface area contributed by atoms with Crippen LogP contribution < -0.4 is 5.73 Å². The van der Waals surface area contributed by atoms with Crippen molar-refractivity contribution in [3.8, 4) is 0 Å². The molecule has 102 valence electrons. The SMILES string of the molecule is NCC(O)(COCCC(F)(F)F)c1ccccc1. The molecule has 0 aliphatic rings. The van der Waals surface area contributed by atoms with Crippen molar-refractivity contribution in [1.82, 2.24) is 0 Å². The van der Waals surface area contributed by atoms with Crippen LogP contribution in [0.15, 0.2) is 30.3 Å². The highest BCUT2D eigenvalue weighted by molar-refractivity contribution is 5.22. The molecule has 3 N–H and O–H groups in total. The summed E-state index contributed by atoms with van der Waals surface area (Å²) in [5.74, 6) is 0. The molecule has 0 aromatic heterocycles. The van der Waals surface area contributed by atoms with E-state index in [9.17, 15) is 18.3 Å². The smallest absolute Gasteiger partial charge is 0.381 e. The van der Waals surface area contributed by atoms with E-state index in [-0.39, 0.29) is 13.2 Å². The number of aliphatic hydroxyl groups is 1. The van der Waals surface area contributed by atoms with Crippen molar-refractivity contribution in [3.05, 3.63) is 35.9 Å². The highest BCUT2D eigenvalue weighted by atomic mass is 19.4. The van der Waals surface area contributed by atoms with E-state index >= 15 is 0 Å². The van der Waals surface area contributed by atoms with Gasteiger partial charge < -0.3 is 15.6 Å². The Morgan fingerprint density at radius 3 is 2.28 bits per heavy atom. The van der Waals surface area contributed by atoms with Gasteiger partial charge in [-0.2, -0.15) is 13.2 Å². The maximum Gasteiger partial charge on any atom is 0.391 e. The van der Waals surface area contributed by atoms with Gasteiger partial charge in [0.25, 0.3) is 0 Å². The molecule has 18 heavy (non-hydrogen) atoms. The maximum atomic E-state index is 11.9. The Kier molecular flexibility index (Phi) is 5.13. The molecule has 1 atom stereocenters. The Morgan fingerprint density at radius 2 is 1.78 bits per heavy atom. The molecule has 0 fully saturated rings. The van der Waals surface area contributed by atoms with Crippen LogP contribution in [-0.4, -0.2) is 31.0 Å². The predicted molar refractivity (Wildman–Crippen MR) is 60.9 cm³/mol. The molecule has 0 aliphatic heterocycles. The van der Waals surface area contributed by atoms with E-state index in [2.05, 4.69) is 0 Å². The Hall–Kier alpha value is -1.11. The summed E-state index contributed by atoms with van der Waals surface area (Å²) in [6.07, 6.45) is -5.30. The van der Waals surface area contributed by atoms with E-state index < -0.39 is 24.8 Å². The molecule has 0 heterocycles. The van der Waals surface area contributed by atoms with Crippen molar-refractivity contribution in [2.24, 2.45) is 5.73 Å². The number of benzene rings is 1. The van der Waals surface area contributed by atoms with Crippen molar-refractivity contribution in [3.63, 3.8) is 0 Å². The van der Waals surface area contributed by atoms with Gasteiger partial charge in [0.05, 0.1) is 19.6 Å². The number of alkyl halides is 3. The van der Waals surface area contributed by atoms with Crippen molar-refractivity contribution in [1.29, 1.82) is 0 Å². The Morgan fingerprint density at radius 1 is 1.17 bits per heavy atom. The maximum absolute atomic E-state index is 11.9. The molecule has 0 saturated heterocycles. The van der Waals surface area contributed by atoms with Gasteiger partial charge in [-0.25, -0.2) is 0 Å². The first-order valence-corrected chi connectivity index (χ1v) is 5.50. The lowest BCUT2D eigenvalue weighted by atomic mass is 9.95. The lowest BCUT2D eigenvalue weighted by Crippen LogP contribution is -2.39. The lowest BCUT2D eigenvalue weighted by Gasteiger charge is -2.27. The van der Waals surface area contributed by atoms with Crippen LogP contribution in [0.25, 0.3) is 0 Å². The molecular weight excluding hydrogens is 247 g/mol. The number of hydrogen-bond donors (Lipinski definition) is 2. The minimum absolute atomic E-state index is 0.122. The number of ether oxygens (including phenoxy) is 1. The van der Waals surface area contributed by atoms with Gasteiger partial charge in [0.15, 0.2) is 0 Å². The van der Waals surface area contributed by atoms with E-state index in [1.54, 1.807) is 30.3 Å². The van der Waals surface area contributed by atoms with E-state index in [0.717, 1.165) is 0 Å². The summed E-state index contributed by atoms with van der Waals surface area (Å²) in [5, 5.41) is 10.2. The van der Waals surface area contributed by atoms with Crippen molar-refractivity contribution < 1.29 is 23.0 Å². The molecule has 1 rings (SSSR count). The van der Waals surface area contributed by atoms with Crippen molar-refractivity contribution in [2.45, 2.75) is 18.2 Å². The van der Waals surface area contributed by atoms with Gasteiger partial charge in [-0.15, -0.1) is 0 Å². The van der Waals surface area contributed by atoms with Crippen LogP contribution in [-0.2, 0) is 10.3 Å². The second kappa shape index (κ2) is 6.17. The molecule has 0 bridgehead atoms. The number of hydrogen-bond acceptors (Lipinski definition) is 3. The normalized spacial score (nSPS) is 15.4. The fourth-order valence-corrected chi connectivity index (χ4v) is 1.44. The van der Waals surface area contributed by atoms with E-state index in [4.69, 9.17) is 10.5 Å². The van der Waals surface area contributed by atoms with Crippen LogP contribution in [0.5, 0.6) is 0 Å². The average Bonchev–Trinajstić information content (AvgIpc) is 2.34. The topological polar surface area (TPSA) is 55.5 Å². The molecule has 1 aromatic rings. The predicted octanol–water partition coefficient (Wildman–Crippen LogP) is 1.80. The van der Waals surface area contributed by atoms with Gasteiger partial charge in [0.2, 0.25) is 0 Å². The van der Waals surface area contributed by atoms with E-state index in [0.29, 0.717) is 5.56 Å². The number of rotatable bonds is 6. The number of nitrogens with two attached hydrogens (primary N) is 1. The summed E-state index contributed by atoms with van der Waals surface area (Å²) >= 11 is 0. The second-order valence-corrected chi connectivity index (χ2v) is 4.02. The Balaban J connectivity index is 2.52. The highest BCUT2D eigenvalue weighted by Crippen LogP contribution is 2.22. The van der Waals surface area contributed by atoms with Crippen LogP contribution in [0.2, 0.25) is 0 Å². The first-order valence-electron chi connectivity index (χ1n) is 5.50. The molecule has 0 aliphatic carbocycles. The standard InChI is InChI=1S/C12H16F3NO2/c13-12(14,15)6-7-18-9-11(17,8-16)10-4-2-1-3-5-10/h1-5,17H,6-9,16H2. The van der Waals surface area contributed by atoms with Gasteiger partial charge in [-0.1, -0.05) is 30.3 Å². The molecule has 0 spiro atoms. The average molecular weight is 263 g/mol. The fraction of sp³-hybridized carbons (Fsp3) is 0.500. The molecule has 0 radical (unpaired) electrons. The lowest BCUT2D eigenvalue weighted by molar-refractivity contribution is -0.151. The molecule has 1 aromatic carbocycles. The van der Waals surface area contributed by atoms with Crippen molar-refractivity contribution >= 4 is 0 Å². The van der Waals surface area contributed by atoms with Crippen LogP contribution >= 0.6 is 0 Å². The van der Waals surface area contributed by atoms with E-state index in [1.165, 1.54) is 0 Å². The molecular formula is C12H16F3NO2. The van der Waals surface area contributed by atoms with Crippen LogP contribution in [0.3, 0.4) is 0 Å². The first kappa shape index (κ1) is 14.9. The molecule has 3 nitrogen and oxygen atoms in total. The molecule has 0 amide bonds. The van der Waals surface area contributed by atoms with Gasteiger partial charge >= 0.3 is 6.18 Å². The Labute approximate surface area is 103 Å². The molecule has 6 heteroatoms. The quantitative estimate of drug-likeness (QED) is 0.769. The summed E-state index contributed by atoms with van der Waals surface area (Å²) < 4.78 is 40.6. The zero-order valence-corrected chi connectivity index (χ0v) is 9.78. The largest absolute Gasteiger partial charge is 0.391 e. The van der Waals surface area contributed by atoms with Crippen LogP contribution in [0.4, 0.5) is 13.2 Å². The summed E-state index contributed by atoms with van der Waals surface area (Å²) in [6, 6.07) is 8.50. The third-order valence-corrected chi connectivity index (χ3v) is 2.52. The van der Waals surface area contributed by atoms with Crippen LogP contribution in [0.1, 0.15) is 12.0 Å². The van der Waals surface area contributed by atoms with Gasteiger partial charge in [-0.05, 0) is 5.56 Å². The fourth-order valence-electron chi connectivity index (χ4n) is 1.44. The van der Waals surface area contributed by atoms with Gasteiger partial charge in [-0.3, -0.25) is 0 Å².